The Bertz CT molecular complexity index is 745. The molecule has 0 aliphatic carbocycles. The van der Waals surface area contributed by atoms with Gasteiger partial charge in [-0.15, -0.1) is 0 Å². The summed E-state index contributed by atoms with van der Waals surface area (Å²) in [6.45, 7) is 1.51. The molecule has 7 nitrogen and oxygen atoms in total. The molecule has 1 aromatic carbocycles. The Morgan fingerprint density at radius 3 is 2.78 bits per heavy atom. The fraction of sp³-hybridized carbons (Fsp3) is 0.438. The number of amides is 1. The van der Waals surface area contributed by atoms with Crippen molar-refractivity contribution in [2.24, 2.45) is 0 Å². The number of oxazole rings is 1. The molecule has 0 fully saturated rings. The molecule has 0 aliphatic heterocycles. The molecule has 0 saturated carbocycles. The zero-order valence-corrected chi connectivity index (χ0v) is 13.3. The van der Waals surface area contributed by atoms with Gasteiger partial charge in [-0.2, -0.15) is 0 Å². The largest absolute Gasteiger partial charge is 0.417 e. The Labute approximate surface area is 133 Å². The normalized spacial score (nSPS) is 11.1. The highest BCUT2D eigenvalue weighted by Crippen LogP contribution is 2.14. The molecule has 1 amide bonds. The molecule has 0 saturated heterocycles. The minimum atomic E-state index is -0.554. The van der Waals surface area contributed by atoms with Crippen LogP contribution in [0.25, 0.3) is 11.1 Å². The van der Waals surface area contributed by atoms with Crippen LogP contribution in [0, 0.1) is 0 Å². The van der Waals surface area contributed by atoms with Crippen molar-refractivity contribution >= 4 is 22.8 Å². The summed E-state index contributed by atoms with van der Waals surface area (Å²) in [5, 5.41) is 2.80. The number of aromatic nitrogens is 1. The maximum absolute atomic E-state index is 12.1. The Hall–Kier alpha value is -2.41. The van der Waals surface area contributed by atoms with E-state index >= 15 is 0 Å². The molecule has 0 aliphatic rings. The van der Waals surface area contributed by atoms with E-state index in [1.54, 1.807) is 12.1 Å². The van der Waals surface area contributed by atoms with Crippen LogP contribution in [0.15, 0.2) is 27.4 Å². The lowest BCUT2D eigenvalue weighted by atomic mass is 10.1. The van der Waals surface area contributed by atoms with Crippen LogP contribution in [0.5, 0.6) is 0 Å². The van der Waals surface area contributed by atoms with Crippen molar-refractivity contribution in [3.63, 3.8) is 0 Å². The molecule has 7 heteroatoms. The van der Waals surface area contributed by atoms with Gasteiger partial charge >= 0.3 is 5.76 Å². The van der Waals surface area contributed by atoms with E-state index in [9.17, 15) is 14.4 Å². The first-order valence-electron chi connectivity index (χ1n) is 7.53. The van der Waals surface area contributed by atoms with Crippen LogP contribution >= 0.6 is 0 Å². The van der Waals surface area contributed by atoms with Crippen LogP contribution in [0.1, 0.15) is 29.6 Å². The maximum atomic E-state index is 12.1. The first-order valence-corrected chi connectivity index (χ1v) is 7.53. The van der Waals surface area contributed by atoms with Gasteiger partial charge in [-0.25, -0.2) is 4.79 Å². The molecule has 0 spiro atoms. The van der Waals surface area contributed by atoms with Crippen molar-refractivity contribution < 1.29 is 14.0 Å². The summed E-state index contributed by atoms with van der Waals surface area (Å²) >= 11 is 0. The Morgan fingerprint density at radius 1 is 1.26 bits per heavy atom. The first kappa shape index (κ1) is 17.0. The topological polar surface area (TPSA) is 95.4 Å². The number of hydrogen-bond acceptors (Lipinski definition) is 5. The third kappa shape index (κ3) is 5.07. The van der Waals surface area contributed by atoms with Crippen LogP contribution in [-0.2, 0) is 4.79 Å². The van der Waals surface area contributed by atoms with Gasteiger partial charge in [0, 0.05) is 24.9 Å². The summed E-state index contributed by atoms with van der Waals surface area (Å²) < 4.78 is 4.92. The van der Waals surface area contributed by atoms with Crippen molar-refractivity contribution in [3.05, 3.63) is 34.3 Å². The van der Waals surface area contributed by atoms with Gasteiger partial charge in [0.25, 0.3) is 0 Å². The van der Waals surface area contributed by atoms with Gasteiger partial charge in [-0.3, -0.25) is 14.6 Å². The lowest BCUT2D eigenvalue weighted by Crippen LogP contribution is -2.27. The predicted molar refractivity (Wildman–Crippen MR) is 86.6 cm³/mol. The third-order valence-corrected chi connectivity index (χ3v) is 3.43. The number of nitrogens with one attached hydrogen (secondary N) is 2. The van der Waals surface area contributed by atoms with Crippen LogP contribution in [0.3, 0.4) is 0 Å². The van der Waals surface area contributed by atoms with Gasteiger partial charge in [0.05, 0.1) is 5.52 Å². The Kier molecular flexibility index (Phi) is 5.70. The molecular weight excluding hydrogens is 298 g/mol. The SMILES string of the molecule is CN(C)CCCNC(=O)CCC(=O)c1ccc2[nH]c(=O)oc2c1. The number of H-pyrrole nitrogens is 1. The Morgan fingerprint density at radius 2 is 2.04 bits per heavy atom. The van der Waals surface area contributed by atoms with Crippen LogP contribution in [-0.4, -0.2) is 48.8 Å². The first-order chi connectivity index (χ1) is 11.0. The quantitative estimate of drug-likeness (QED) is 0.562. The van der Waals surface area contributed by atoms with Crippen LogP contribution < -0.4 is 11.1 Å². The second-order valence-electron chi connectivity index (χ2n) is 5.66. The van der Waals surface area contributed by atoms with Crippen LogP contribution in [0.2, 0.25) is 0 Å². The minimum absolute atomic E-state index is 0.125. The van der Waals surface area contributed by atoms with E-state index in [0.717, 1.165) is 13.0 Å². The van der Waals surface area contributed by atoms with Gasteiger partial charge in [0.1, 0.15) is 0 Å². The molecule has 23 heavy (non-hydrogen) atoms. The monoisotopic (exact) mass is 319 g/mol. The molecule has 0 atom stereocenters. The molecular formula is C16H21N3O4. The fourth-order valence-electron chi connectivity index (χ4n) is 2.20. The maximum Gasteiger partial charge on any atom is 0.417 e. The molecule has 1 aromatic heterocycles. The summed E-state index contributed by atoms with van der Waals surface area (Å²) in [5.41, 5.74) is 1.32. The van der Waals surface area contributed by atoms with Crippen molar-refractivity contribution in [3.8, 4) is 0 Å². The summed E-state index contributed by atoms with van der Waals surface area (Å²) in [6, 6.07) is 4.75. The number of nitrogens with zero attached hydrogens (tertiary/aromatic N) is 1. The molecule has 124 valence electrons. The van der Waals surface area contributed by atoms with Gasteiger partial charge in [-0.05, 0) is 45.3 Å². The van der Waals surface area contributed by atoms with Gasteiger partial charge in [-0.1, -0.05) is 0 Å². The highest BCUT2D eigenvalue weighted by Gasteiger charge is 2.11. The number of ketones is 1. The zero-order chi connectivity index (χ0) is 16.8. The molecule has 1 heterocycles. The second-order valence-corrected chi connectivity index (χ2v) is 5.66. The summed E-state index contributed by atoms with van der Waals surface area (Å²) in [7, 11) is 3.95. The highest BCUT2D eigenvalue weighted by atomic mass is 16.4. The minimum Gasteiger partial charge on any atom is -0.408 e. The van der Waals surface area contributed by atoms with Gasteiger partial charge in [0.2, 0.25) is 5.91 Å². The Balaban J connectivity index is 1.81. The van der Waals surface area contributed by atoms with Gasteiger partial charge in [0.15, 0.2) is 11.4 Å². The van der Waals surface area contributed by atoms with E-state index in [1.807, 2.05) is 19.0 Å². The number of benzene rings is 1. The predicted octanol–water partition coefficient (Wildman–Crippen LogP) is 1.15. The highest BCUT2D eigenvalue weighted by molar-refractivity contribution is 6.00. The molecule has 0 unspecified atom stereocenters. The smallest absolute Gasteiger partial charge is 0.408 e. The number of aromatic amines is 1. The van der Waals surface area contributed by atoms with E-state index in [1.165, 1.54) is 6.07 Å². The van der Waals surface area contributed by atoms with Crippen molar-refractivity contribution in [1.82, 2.24) is 15.2 Å². The number of carbonyl (C=O) groups excluding carboxylic acids is 2. The molecule has 0 bridgehead atoms. The van der Waals surface area contributed by atoms with E-state index in [0.29, 0.717) is 23.2 Å². The van der Waals surface area contributed by atoms with E-state index in [2.05, 4.69) is 10.3 Å². The molecule has 0 radical (unpaired) electrons. The molecule has 2 N–H and O–H groups in total. The lowest BCUT2D eigenvalue weighted by molar-refractivity contribution is -0.121. The summed E-state index contributed by atoms with van der Waals surface area (Å²) in [6.07, 6.45) is 1.14. The number of fused-ring (bicyclic) bond motifs is 1. The molecule has 2 rings (SSSR count). The van der Waals surface area contributed by atoms with Gasteiger partial charge < -0.3 is 14.6 Å². The van der Waals surface area contributed by atoms with E-state index in [-0.39, 0.29) is 24.5 Å². The van der Waals surface area contributed by atoms with E-state index in [4.69, 9.17) is 4.42 Å². The third-order valence-electron chi connectivity index (χ3n) is 3.43. The number of rotatable bonds is 8. The van der Waals surface area contributed by atoms with Crippen molar-refractivity contribution in [1.29, 1.82) is 0 Å². The van der Waals surface area contributed by atoms with Crippen molar-refractivity contribution in [2.75, 3.05) is 27.2 Å². The molecule has 2 aromatic rings. The number of Topliss-reactive ketones (excluding diaryl/α,β-unsaturated/α-hetero) is 1. The zero-order valence-electron chi connectivity index (χ0n) is 13.3. The summed E-state index contributed by atoms with van der Waals surface area (Å²) in [5.74, 6) is -0.841. The van der Waals surface area contributed by atoms with E-state index < -0.39 is 5.76 Å². The lowest BCUT2D eigenvalue weighted by Gasteiger charge is -2.09. The fourth-order valence-corrected chi connectivity index (χ4v) is 2.20. The number of carbonyl (C=O) groups is 2. The van der Waals surface area contributed by atoms with Crippen LogP contribution in [0.4, 0.5) is 0 Å². The van der Waals surface area contributed by atoms with Crippen molar-refractivity contribution in [2.45, 2.75) is 19.3 Å². The summed E-state index contributed by atoms with van der Waals surface area (Å²) in [4.78, 5) is 39.4. The second kappa shape index (κ2) is 7.73. The standard InChI is InChI=1S/C16H21N3O4/c1-19(2)9-3-8-17-15(21)7-6-13(20)11-4-5-12-14(10-11)23-16(22)18-12/h4-5,10H,3,6-9H2,1-2H3,(H,17,21)(H,18,22). The number of hydrogen-bond donors (Lipinski definition) is 2. The average molecular weight is 319 g/mol. The average Bonchev–Trinajstić information content (AvgIpc) is 2.88.